The number of halogens is 1. The molecule has 164 valence electrons. The predicted octanol–water partition coefficient (Wildman–Crippen LogP) is 3.04. The monoisotopic (exact) mass is 440 g/mol. The maximum atomic E-state index is 6.28. The van der Waals surface area contributed by atoms with Gasteiger partial charge in [0.05, 0.1) is 22.1 Å². The van der Waals surface area contributed by atoms with Gasteiger partial charge in [0.2, 0.25) is 0 Å². The average molecular weight is 441 g/mol. The van der Waals surface area contributed by atoms with E-state index in [-0.39, 0.29) is 0 Å². The second kappa shape index (κ2) is 8.26. The Morgan fingerprint density at radius 3 is 2.39 bits per heavy atom. The first-order chi connectivity index (χ1) is 15.0. The fourth-order valence-electron chi connectivity index (χ4n) is 4.98. The van der Waals surface area contributed by atoms with Crippen LogP contribution in [0.25, 0.3) is 22.3 Å². The van der Waals surface area contributed by atoms with Crippen LogP contribution >= 0.6 is 11.6 Å². The Morgan fingerprint density at radius 1 is 0.968 bits per heavy atom. The van der Waals surface area contributed by atoms with E-state index in [2.05, 4.69) is 31.5 Å². The molecule has 1 saturated heterocycles. The zero-order valence-corrected chi connectivity index (χ0v) is 18.6. The minimum atomic E-state index is 0.304. The maximum absolute atomic E-state index is 6.28. The topological polar surface area (TPSA) is 102 Å². The highest BCUT2D eigenvalue weighted by Crippen LogP contribution is 2.38. The molecule has 31 heavy (non-hydrogen) atoms. The van der Waals surface area contributed by atoms with Crippen molar-refractivity contribution in [3.63, 3.8) is 0 Å². The molecule has 4 N–H and O–H groups in total. The molecule has 1 saturated carbocycles. The molecule has 2 aromatic heterocycles. The molecule has 1 aliphatic heterocycles. The van der Waals surface area contributed by atoms with Gasteiger partial charge in [-0.05, 0) is 44.9 Å². The van der Waals surface area contributed by atoms with Crippen molar-refractivity contribution in [3.8, 4) is 11.3 Å². The van der Waals surface area contributed by atoms with Crippen molar-refractivity contribution in [3.05, 3.63) is 29.5 Å². The number of nitrogens with two attached hydrogens (primary N) is 2. The zero-order chi connectivity index (χ0) is 21.5. The molecule has 8 nitrogen and oxygen atoms in total. The first-order valence-electron chi connectivity index (χ1n) is 11.0. The van der Waals surface area contributed by atoms with Crippen LogP contribution in [0.4, 0.5) is 11.5 Å². The number of fused-ring (bicyclic) bond motifs is 1. The summed E-state index contributed by atoms with van der Waals surface area (Å²) in [7, 11) is 2.20. The van der Waals surface area contributed by atoms with Gasteiger partial charge in [0.15, 0.2) is 5.65 Å². The fraction of sp³-hybridized carbons (Fsp3) is 0.500. The molecule has 0 spiro atoms. The minimum Gasteiger partial charge on any atom is -0.398 e. The lowest BCUT2D eigenvalue weighted by Gasteiger charge is -2.41. The van der Waals surface area contributed by atoms with Gasteiger partial charge in [-0.2, -0.15) is 5.10 Å². The third-order valence-electron chi connectivity index (χ3n) is 6.86. The van der Waals surface area contributed by atoms with Crippen molar-refractivity contribution in [2.24, 2.45) is 0 Å². The van der Waals surface area contributed by atoms with Crippen LogP contribution in [-0.4, -0.2) is 68.8 Å². The third kappa shape index (κ3) is 3.84. The molecule has 0 amide bonds. The Labute approximate surface area is 187 Å². The van der Waals surface area contributed by atoms with Crippen molar-refractivity contribution in [2.45, 2.75) is 37.8 Å². The van der Waals surface area contributed by atoms with Crippen LogP contribution in [-0.2, 0) is 0 Å². The summed E-state index contributed by atoms with van der Waals surface area (Å²) in [5.41, 5.74) is 15.1. The van der Waals surface area contributed by atoms with Crippen molar-refractivity contribution in [2.75, 3.05) is 44.7 Å². The molecule has 5 rings (SSSR count). The van der Waals surface area contributed by atoms with Gasteiger partial charge in [-0.15, -0.1) is 0 Å². The number of aromatic nitrogens is 4. The van der Waals surface area contributed by atoms with Crippen molar-refractivity contribution >= 4 is 34.1 Å². The number of hydrogen-bond acceptors (Lipinski definition) is 7. The number of hydrogen-bond donors (Lipinski definition) is 2. The first kappa shape index (κ1) is 20.5. The van der Waals surface area contributed by atoms with Crippen molar-refractivity contribution in [1.82, 2.24) is 29.5 Å². The minimum absolute atomic E-state index is 0.304. The molecule has 2 aliphatic rings. The summed E-state index contributed by atoms with van der Waals surface area (Å²) in [6.07, 6.45) is 6.05. The molecule has 0 radical (unpaired) electrons. The number of nitrogens with zero attached hydrogens (tertiary/aromatic N) is 6. The number of piperazine rings is 1. The van der Waals surface area contributed by atoms with Gasteiger partial charge in [-0.3, -0.25) is 4.90 Å². The van der Waals surface area contributed by atoms with Crippen molar-refractivity contribution in [1.29, 1.82) is 0 Å². The standard InChI is InChI=1S/C22H29ClN8/c1-29-8-10-30(11-9-29)15-3-5-16(6-4-15)31-22-19(21(25)26-13-27-22)20(28-31)14-2-7-18(24)17(23)12-14/h2,7,12-13,15-16H,3-6,8-11,24H2,1H3,(H2,25,26,27). The van der Waals surface area contributed by atoms with E-state index >= 15 is 0 Å². The summed E-state index contributed by atoms with van der Waals surface area (Å²) in [6, 6.07) is 6.52. The number of benzene rings is 1. The van der Waals surface area contributed by atoms with Crippen LogP contribution < -0.4 is 11.5 Å². The van der Waals surface area contributed by atoms with Gasteiger partial charge < -0.3 is 16.4 Å². The van der Waals surface area contributed by atoms with E-state index < -0.39 is 0 Å². The molecule has 3 heterocycles. The lowest BCUT2D eigenvalue weighted by Crippen LogP contribution is -2.49. The van der Waals surface area contributed by atoms with Gasteiger partial charge in [-0.25, -0.2) is 14.6 Å². The van der Waals surface area contributed by atoms with E-state index in [0.29, 0.717) is 28.6 Å². The molecule has 2 fully saturated rings. The van der Waals surface area contributed by atoms with Gasteiger partial charge in [0.1, 0.15) is 17.8 Å². The van der Waals surface area contributed by atoms with Crippen LogP contribution in [0.1, 0.15) is 31.7 Å². The second-order valence-electron chi connectivity index (χ2n) is 8.79. The second-order valence-corrected chi connectivity index (χ2v) is 9.20. The van der Waals surface area contributed by atoms with Crippen LogP contribution in [0, 0.1) is 0 Å². The molecule has 1 aromatic carbocycles. The van der Waals surface area contributed by atoms with E-state index in [9.17, 15) is 0 Å². The van der Waals surface area contributed by atoms with Crippen molar-refractivity contribution < 1.29 is 0 Å². The average Bonchev–Trinajstić information content (AvgIpc) is 3.17. The summed E-state index contributed by atoms with van der Waals surface area (Å²) in [5.74, 6) is 0.435. The molecular weight excluding hydrogens is 412 g/mol. The quantitative estimate of drug-likeness (QED) is 0.603. The Bertz CT molecular complexity index is 1080. The summed E-state index contributed by atoms with van der Waals surface area (Å²) in [5, 5.41) is 6.26. The van der Waals surface area contributed by atoms with E-state index in [1.807, 2.05) is 12.1 Å². The van der Waals surface area contributed by atoms with E-state index in [4.69, 9.17) is 28.2 Å². The maximum Gasteiger partial charge on any atom is 0.164 e. The highest BCUT2D eigenvalue weighted by atomic mass is 35.5. The van der Waals surface area contributed by atoms with E-state index in [0.717, 1.165) is 48.2 Å². The lowest BCUT2D eigenvalue weighted by atomic mass is 9.90. The zero-order valence-electron chi connectivity index (χ0n) is 17.8. The Hall–Kier alpha value is -2.42. The molecule has 1 aliphatic carbocycles. The van der Waals surface area contributed by atoms with E-state index in [1.165, 1.54) is 32.3 Å². The number of anilines is 2. The lowest BCUT2D eigenvalue weighted by molar-refractivity contribution is 0.0815. The normalized spacial score (nSPS) is 23.4. The number of likely N-dealkylation sites (N-methyl/N-ethyl adjacent to an activating group) is 1. The molecule has 3 aromatic rings. The number of rotatable bonds is 3. The summed E-state index contributed by atoms with van der Waals surface area (Å²) in [6.45, 7) is 4.66. The van der Waals surface area contributed by atoms with Gasteiger partial charge in [-0.1, -0.05) is 17.7 Å². The highest BCUT2D eigenvalue weighted by molar-refractivity contribution is 6.33. The molecule has 0 bridgehead atoms. The van der Waals surface area contributed by atoms with Gasteiger partial charge >= 0.3 is 0 Å². The predicted molar refractivity (Wildman–Crippen MR) is 125 cm³/mol. The molecule has 0 unspecified atom stereocenters. The van der Waals surface area contributed by atoms with Crippen LogP contribution in [0.15, 0.2) is 24.5 Å². The molecule has 9 heteroatoms. The third-order valence-corrected chi connectivity index (χ3v) is 7.19. The molecular formula is C22H29ClN8. The number of nitrogen functional groups attached to an aromatic ring is 2. The fourth-order valence-corrected chi connectivity index (χ4v) is 5.16. The first-order valence-corrected chi connectivity index (χ1v) is 11.4. The largest absolute Gasteiger partial charge is 0.398 e. The Morgan fingerprint density at radius 2 is 1.68 bits per heavy atom. The van der Waals surface area contributed by atoms with Crippen LogP contribution in [0.5, 0.6) is 0 Å². The highest BCUT2D eigenvalue weighted by Gasteiger charge is 2.30. The van der Waals surface area contributed by atoms with Crippen LogP contribution in [0.2, 0.25) is 5.02 Å². The Kier molecular flexibility index (Phi) is 5.45. The molecule has 0 atom stereocenters. The summed E-state index contributed by atoms with van der Waals surface area (Å²) in [4.78, 5) is 13.8. The summed E-state index contributed by atoms with van der Waals surface area (Å²) < 4.78 is 2.06. The SMILES string of the molecule is CN1CCN(C2CCC(n3nc(-c4ccc(N)c(Cl)c4)c4c(N)ncnc43)CC2)CC1. The smallest absolute Gasteiger partial charge is 0.164 e. The summed E-state index contributed by atoms with van der Waals surface area (Å²) >= 11 is 6.28. The van der Waals surface area contributed by atoms with E-state index in [1.54, 1.807) is 6.07 Å². The Balaban J connectivity index is 1.43. The van der Waals surface area contributed by atoms with Gasteiger partial charge in [0.25, 0.3) is 0 Å². The van der Waals surface area contributed by atoms with Gasteiger partial charge in [0, 0.05) is 37.8 Å². The van der Waals surface area contributed by atoms with Crippen LogP contribution in [0.3, 0.4) is 0 Å².